The Labute approximate surface area is 310 Å². The summed E-state index contributed by atoms with van der Waals surface area (Å²) in [6, 6.07) is 40.2. The van der Waals surface area contributed by atoms with Crippen LogP contribution < -0.4 is 10.6 Å². The van der Waals surface area contributed by atoms with Gasteiger partial charge in [0.2, 0.25) is 0 Å². The summed E-state index contributed by atoms with van der Waals surface area (Å²) in [5.74, 6) is 0.293. The molecule has 1 heterocycles. The lowest BCUT2D eigenvalue weighted by Crippen LogP contribution is -2.46. The summed E-state index contributed by atoms with van der Waals surface area (Å²) in [5.41, 5.74) is 9.94. The monoisotopic (exact) mass is 681 g/mol. The van der Waals surface area contributed by atoms with Gasteiger partial charge in [0.05, 0.1) is 11.7 Å². The molecular weight excluding hydrogens is 631 g/mol. The third-order valence-corrected chi connectivity index (χ3v) is 10.6. The van der Waals surface area contributed by atoms with Crippen LogP contribution in [0.15, 0.2) is 169 Å². The molecule has 2 N–H and O–H groups in total. The summed E-state index contributed by atoms with van der Waals surface area (Å²) >= 11 is 0. The van der Waals surface area contributed by atoms with Crippen LogP contribution in [0, 0.1) is 5.92 Å². The second-order valence-corrected chi connectivity index (χ2v) is 14.2. The number of benzene rings is 5. The van der Waals surface area contributed by atoms with Gasteiger partial charge < -0.3 is 10.2 Å². The molecule has 5 aromatic rings. The zero-order valence-electron chi connectivity index (χ0n) is 31.2. The van der Waals surface area contributed by atoms with E-state index in [2.05, 4.69) is 208 Å². The maximum Gasteiger partial charge on any atom is 0.106 e. The molecule has 5 aromatic carbocycles. The van der Waals surface area contributed by atoms with Gasteiger partial charge in [-0.3, -0.25) is 5.32 Å². The molecule has 0 saturated carbocycles. The lowest BCUT2D eigenvalue weighted by molar-refractivity contribution is 0.270. The fraction of sp³-hybridized carbons (Fsp3) is 0.224. The summed E-state index contributed by atoms with van der Waals surface area (Å²) in [4.78, 5) is 2.42. The Bertz CT molecular complexity index is 2240. The van der Waals surface area contributed by atoms with Gasteiger partial charge in [-0.05, 0) is 80.1 Å². The minimum atomic E-state index is 0.0217. The van der Waals surface area contributed by atoms with Crippen LogP contribution in [-0.2, 0) is 0 Å². The van der Waals surface area contributed by atoms with Gasteiger partial charge in [0, 0.05) is 24.7 Å². The van der Waals surface area contributed by atoms with Crippen LogP contribution in [0.3, 0.4) is 0 Å². The van der Waals surface area contributed by atoms with E-state index in [-0.39, 0.29) is 18.2 Å². The molecule has 0 bridgehead atoms. The van der Waals surface area contributed by atoms with Gasteiger partial charge in [-0.25, -0.2) is 0 Å². The third-order valence-electron chi connectivity index (χ3n) is 10.6. The molecule has 0 fully saturated rings. The molecule has 52 heavy (non-hydrogen) atoms. The van der Waals surface area contributed by atoms with Gasteiger partial charge >= 0.3 is 0 Å². The first kappa shape index (κ1) is 35.0. The molecule has 4 atom stereocenters. The van der Waals surface area contributed by atoms with Crippen molar-refractivity contribution in [3.05, 3.63) is 191 Å². The van der Waals surface area contributed by atoms with Crippen LogP contribution in [0.1, 0.15) is 75.0 Å². The van der Waals surface area contributed by atoms with E-state index >= 15 is 0 Å². The van der Waals surface area contributed by atoms with E-state index in [0.29, 0.717) is 5.92 Å². The highest BCUT2D eigenvalue weighted by molar-refractivity contribution is 5.85. The lowest BCUT2D eigenvalue weighted by Gasteiger charge is -2.42. The Morgan fingerprint density at radius 3 is 2.12 bits per heavy atom. The molecule has 3 nitrogen and oxygen atoms in total. The predicted molar refractivity (Wildman–Crippen MR) is 223 cm³/mol. The van der Waals surface area contributed by atoms with Crippen molar-refractivity contribution in [3.63, 3.8) is 0 Å². The van der Waals surface area contributed by atoms with Gasteiger partial charge in [-0.1, -0.05) is 173 Å². The summed E-state index contributed by atoms with van der Waals surface area (Å²) in [7, 11) is 2.22. The number of hydrogen-bond acceptors (Lipinski definition) is 3. The number of nitrogens with one attached hydrogen (secondary N) is 2. The molecule has 1 aliphatic heterocycles. The highest BCUT2D eigenvalue weighted by Crippen LogP contribution is 2.39. The normalized spacial score (nSPS) is 20.8. The second-order valence-electron chi connectivity index (χ2n) is 14.2. The Kier molecular flexibility index (Phi) is 10.7. The molecule has 0 radical (unpaired) electrons. The highest BCUT2D eigenvalue weighted by atomic mass is 15.3. The first-order valence-electron chi connectivity index (χ1n) is 19.0. The topological polar surface area (TPSA) is 27.3 Å². The lowest BCUT2D eigenvalue weighted by atomic mass is 9.88. The van der Waals surface area contributed by atoms with Crippen molar-refractivity contribution in [1.29, 1.82) is 0 Å². The minimum Gasteiger partial charge on any atom is -0.378 e. The molecule has 0 saturated heterocycles. The molecule has 4 unspecified atom stereocenters. The van der Waals surface area contributed by atoms with Crippen LogP contribution in [-0.4, -0.2) is 18.0 Å². The van der Waals surface area contributed by atoms with E-state index in [4.69, 9.17) is 0 Å². The van der Waals surface area contributed by atoms with Gasteiger partial charge in [0.1, 0.15) is 6.17 Å². The number of rotatable bonds is 7. The fourth-order valence-electron chi connectivity index (χ4n) is 7.48. The largest absolute Gasteiger partial charge is 0.378 e. The first-order valence-corrected chi connectivity index (χ1v) is 19.0. The number of unbranched alkanes of at least 4 members (excludes halogenated alkanes) is 1. The van der Waals surface area contributed by atoms with Crippen molar-refractivity contribution in [2.45, 2.75) is 58.8 Å². The molecular formula is C49H51N3. The van der Waals surface area contributed by atoms with Crippen molar-refractivity contribution < 1.29 is 0 Å². The standard InChI is InChI=1S/C45H41N3.C4H10/c1-30-13-4-9-20-40(30)43(46-31(2)34-25-23-32-14-5-7-16-35(32)27-34)37-18-12-19-38(29-37)44-41-21-10-11-22-42(41)47-45(48(44)3)39-26-24-33-15-6-8-17-36(33)28-39;1-3-4-2/h4-31,42,45-47H,1-3H3;3-4H2,1-2H3/b43-40-;. The zero-order valence-corrected chi connectivity index (χ0v) is 31.2. The van der Waals surface area contributed by atoms with Crippen LogP contribution in [0.2, 0.25) is 0 Å². The Hall–Kier alpha value is -5.38. The van der Waals surface area contributed by atoms with Gasteiger partial charge in [0.15, 0.2) is 0 Å². The molecule has 3 heteroatoms. The molecule has 262 valence electrons. The molecule has 8 rings (SSSR count). The van der Waals surface area contributed by atoms with E-state index in [1.54, 1.807) is 0 Å². The van der Waals surface area contributed by atoms with E-state index in [1.807, 2.05) is 0 Å². The van der Waals surface area contributed by atoms with E-state index in [0.717, 1.165) is 0 Å². The third kappa shape index (κ3) is 7.33. The molecule has 3 aliphatic rings. The summed E-state index contributed by atoms with van der Waals surface area (Å²) in [5, 5.41) is 13.0. The van der Waals surface area contributed by atoms with Crippen molar-refractivity contribution in [2.75, 3.05) is 7.05 Å². The Balaban J connectivity index is 0.00000100. The van der Waals surface area contributed by atoms with Crippen LogP contribution in [0.25, 0.3) is 32.9 Å². The average molecular weight is 682 g/mol. The second kappa shape index (κ2) is 15.9. The predicted octanol–water partition coefficient (Wildman–Crippen LogP) is 12.1. The van der Waals surface area contributed by atoms with Gasteiger partial charge in [-0.15, -0.1) is 0 Å². The summed E-state index contributed by atoms with van der Waals surface area (Å²) < 4.78 is 0. The molecule has 0 spiro atoms. The average Bonchev–Trinajstić information content (AvgIpc) is 3.19. The number of fused-ring (bicyclic) bond motifs is 3. The maximum absolute atomic E-state index is 3.99. The van der Waals surface area contributed by atoms with Crippen LogP contribution >= 0.6 is 0 Å². The van der Waals surface area contributed by atoms with Crippen molar-refractivity contribution in [1.82, 2.24) is 15.5 Å². The fourth-order valence-corrected chi connectivity index (χ4v) is 7.48. The van der Waals surface area contributed by atoms with Crippen LogP contribution in [0.4, 0.5) is 0 Å². The molecule has 0 aromatic heterocycles. The van der Waals surface area contributed by atoms with Crippen molar-refractivity contribution in [2.24, 2.45) is 5.92 Å². The van der Waals surface area contributed by atoms with Crippen molar-refractivity contribution >= 4 is 32.9 Å². The molecule has 0 amide bonds. The van der Waals surface area contributed by atoms with E-state index in [9.17, 15) is 0 Å². The minimum absolute atomic E-state index is 0.0217. The Morgan fingerprint density at radius 2 is 1.38 bits per heavy atom. The number of nitrogens with zero attached hydrogens (tertiary/aromatic N) is 1. The number of hydrogen-bond donors (Lipinski definition) is 2. The maximum atomic E-state index is 3.99. The van der Waals surface area contributed by atoms with Gasteiger partial charge in [-0.2, -0.15) is 0 Å². The summed E-state index contributed by atoms with van der Waals surface area (Å²) in [6.45, 7) is 8.91. The SMILES string of the molecule is CC1C=CC=C/C1=C(/NC(C)c1ccc2ccccc2c1)c1cccc(C2=C3C=CC=CC3NC(c3ccc4ccccc4c3)N2C)c1.CCCC. The van der Waals surface area contributed by atoms with Crippen LogP contribution in [0.5, 0.6) is 0 Å². The summed E-state index contributed by atoms with van der Waals surface area (Å²) in [6.07, 6.45) is 20.4. The number of allylic oxidation sites excluding steroid dienone is 7. The van der Waals surface area contributed by atoms with Crippen molar-refractivity contribution in [3.8, 4) is 0 Å². The smallest absolute Gasteiger partial charge is 0.106 e. The van der Waals surface area contributed by atoms with Gasteiger partial charge in [0.25, 0.3) is 0 Å². The molecule has 2 aliphatic carbocycles. The Morgan fingerprint density at radius 1 is 0.712 bits per heavy atom. The van der Waals surface area contributed by atoms with E-state index in [1.165, 1.54) is 79.2 Å². The quantitative estimate of drug-likeness (QED) is 0.179. The highest BCUT2D eigenvalue weighted by Gasteiger charge is 2.32. The zero-order chi connectivity index (χ0) is 36.0. The first-order chi connectivity index (χ1) is 25.4. The van der Waals surface area contributed by atoms with E-state index < -0.39 is 0 Å².